The van der Waals surface area contributed by atoms with Gasteiger partial charge in [-0.1, -0.05) is 19.1 Å². The van der Waals surface area contributed by atoms with Crippen LogP contribution >= 0.6 is 11.3 Å². The number of hydrogen-bond donors (Lipinski definition) is 1. The number of benzene rings is 2. The molecular weight excluding hydrogens is 498 g/mol. The van der Waals surface area contributed by atoms with E-state index in [-0.39, 0.29) is 10.8 Å². The van der Waals surface area contributed by atoms with Crippen LogP contribution in [-0.2, 0) is 10.0 Å². The fourth-order valence-corrected chi connectivity index (χ4v) is 6.63. The van der Waals surface area contributed by atoms with Crippen LogP contribution in [0.4, 0.5) is 5.13 Å². The lowest BCUT2D eigenvalue weighted by atomic mass is 10.0. The molecule has 0 radical (unpaired) electrons. The highest BCUT2D eigenvalue weighted by atomic mass is 32.2. The number of aromatic nitrogens is 1. The molecule has 10 heteroatoms. The molecule has 0 aliphatic carbocycles. The second kappa shape index (κ2) is 10.0. The number of para-hydroxylation sites is 1. The third-order valence-electron chi connectivity index (χ3n) is 6.16. The minimum absolute atomic E-state index is 0.195. The van der Waals surface area contributed by atoms with Crippen molar-refractivity contribution in [3.63, 3.8) is 0 Å². The van der Waals surface area contributed by atoms with Gasteiger partial charge in [0.15, 0.2) is 22.2 Å². The van der Waals surface area contributed by atoms with Crippen LogP contribution in [0.15, 0.2) is 63.2 Å². The number of fused-ring (bicyclic) bond motifs is 1. The van der Waals surface area contributed by atoms with E-state index in [1.807, 2.05) is 36.6 Å². The number of hydrogen-bond acceptors (Lipinski definition) is 7. The highest BCUT2D eigenvalue weighted by Crippen LogP contribution is 2.34. The van der Waals surface area contributed by atoms with Crippen molar-refractivity contribution in [1.29, 1.82) is 0 Å². The Kier molecular flexibility index (Phi) is 6.83. The lowest BCUT2D eigenvalue weighted by Crippen LogP contribution is -2.39. The zero-order valence-corrected chi connectivity index (χ0v) is 21.7. The number of nitrogens with zero attached hydrogens (tertiary/aromatic N) is 2. The Morgan fingerprint density at radius 2 is 2.06 bits per heavy atom. The molecule has 36 heavy (non-hydrogen) atoms. The molecule has 2 aromatic carbocycles. The number of thiazole rings is 1. The Bertz CT molecular complexity index is 1490. The normalized spacial score (nSPS) is 16.8. The number of nitrogens with one attached hydrogen (secondary N) is 1. The predicted molar refractivity (Wildman–Crippen MR) is 140 cm³/mol. The highest BCUT2D eigenvalue weighted by Gasteiger charge is 2.28. The third kappa shape index (κ3) is 4.88. The summed E-state index contributed by atoms with van der Waals surface area (Å²) in [6, 6.07) is 13.6. The van der Waals surface area contributed by atoms with Crippen LogP contribution in [0.5, 0.6) is 5.75 Å². The summed E-state index contributed by atoms with van der Waals surface area (Å²) in [5.74, 6) is 1.23. The summed E-state index contributed by atoms with van der Waals surface area (Å²) in [6.45, 7) is 5.56. The topological polar surface area (TPSA) is 102 Å². The minimum atomic E-state index is -3.57. The van der Waals surface area contributed by atoms with Gasteiger partial charge in [0.25, 0.3) is 5.91 Å². The fourth-order valence-electron chi connectivity index (χ4n) is 4.34. The van der Waals surface area contributed by atoms with Gasteiger partial charge in [-0.2, -0.15) is 4.31 Å². The largest absolute Gasteiger partial charge is 0.490 e. The number of anilines is 1. The van der Waals surface area contributed by atoms with Gasteiger partial charge >= 0.3 is 0 Å². The predicted octanol–water partition coefficient (Wildman–Crippen LogP) is 5.63. The van der Waals surface area contributed by atoms with Crippen LogP contribution in [-0.4, -0.2) is 43.3 Å². The molecular formula is C26H27N3O5S2. The van der Waals surface area contributed by atoms with Crippen LogP contribution in [0.1, 0.15) is 37.0 Å². The van der Waals surface area contributed by atoms with Gasteiger partial charge in [0.05, 0.1) is 11.5 Å². The van der Waals surface area contributed by atoms with Crippen LogP contribution in [0, 0.1) is 5.92 Å². The van der Waals surface area contributed by atoms with Crippen LogP contribution in [0.2, 0.25) is 0 Å². The first-order chi connectivity index (χ1) is 17.3. The zero-order chi connectivity index (χ0) is 25.3. The van der Waals surface area contributed by atoms with Crippen molar-refractivity contribution in [2.45, 2.75) is 31.6 Å². The lowest BCUT2D eigenvalue weighted by molar-refractivity contribution is 0.102. The quantitative estimate of drug-likeness (QED) is 0.336. The molecule has 1 atom stereocenters. The van der Waals surface area contributed by atoms with Gasteiger partial charge in [0, 0.05) is 29.4 Å². The van der Waals surface area contributed by atoms with Crippen molar-refractivity contribution in [2.75, 3.05) is 25.0 Å². The summed E-state index contributed by atoms with van der Waals surface area (Å²) in [4.78, 5) is 17.5. The number of carbonyl (C=O) groups is 1. The molecule has 0 bridgehead atoms. The fraction of sp³-hybridized carbons (Fsp3) is 0.308. The van der Waals surface area contributed by atoms with Crippen molar-refractivity contribution >= 4 is 43.4 Å². The van der Waals surface area contributed by atoms with E-state index in [1.54, 1.807) is 0 Å². The lowest BCUT2D eigenvalue weighted by Gasteiger charge is -2.30. The average molecular weight is 526 g/mol. The van der Waals surface area contributed by atoms with E-state index in [0.717, 1.165) is 18.2 Å². The molecule has 2 aromatic heterocycles. The number of furan rings is 1. The summed E-state index contributed by atoms with van der Waals surface area (Å²) in [5, 5.41) is 5.91. The molecule has 4 aromatic rings. The average Bonchev–Trinajstić information content (AvgIpc) is 3.52. The molecule has 1 aliphatic rings. The number of piperidine rings is 1. The number of sulfonamides is 1. The molecule has 0 spiro atoms. The number of carbonyl (C=O) groups excluding carboxylic acids is 1. The van der Waals surface area contributed by atoms with Crippen molar-refractivity contribution in [3.8, 4) is 17.2 Å². The summed E-state index contributed by atoms with van der Waals surface area (Å²) in [5.41, 5.74) is 1.61. The van der Waals surface area contributed by atoms with E-state index >= 15 is 0 Å². The molecule has 5 rings (SSSR count). The van der Waals surface area contributed by atoms with Gasteiger partial charge < -0.3 is 9.15 Å². The molecule has 1 N–H and O–H groups in total. The van der Waals surface area contributed by atoms with Gasteiger partial charge in [0.1, 0.15) is 5.69 Å². The Morgan fingerprint density at radius 3 is 2.81 bits per heavy atom. The summed E-state index contributed by atoms with van der Waals surface area (Å²) >= 11 is 1.28. The number of ether oxygens (including phenoxy) is 1. The first-order valence-corrected chi connectivity index (χ1v) is 14.2. The van der Waals surface area contributed by atoms with Crippen molar-refractivity contribution < 1.29 is 22.4 Å². The smallest absolute Gasteiger partial charge is 0.257 e. The van der Waals surface area contributed by atoms with Gasteiger partial charge in [-0.05, 0) is 62.1 Å². The maximum Gasteiger partial charge on any atom is 0.257 e. The Morgan fingerprint density at radius 1 is 1.25 bits per heavy atom. The van der Waals surface area contributed by atoms with E-state index in [4.69, 9.17) is 9.15 Å². The van der Waals surface area contributed by atoms with Crippen LogP contribution in [0.3, 0.4) is 0 Å². The van der Waals surface area contributed by atoms with Crippen molar-refractivity contribution in [3.05, 3.63) is 59.5 Å². The van der Waals surface area contributed by atoms with E-state index in [2.05, 4.69) is 17.2 Å². The van der Waals surface area contributed by atoms with E-state index in [1.165, 1.54) is 39.9 Å². The Labute approximate surface area is 214 Å². The maximum absolute atomic E-state index is 13.0. The minimum Gasteiger partial charge on any atom is -0.490 e. The monoisotopic (exact) mass is 525 g/mol. The second-order valence-corrected chi connectivity index (χ2v) is 11.6. The van der Waals surface area contributed by atoms with Gasteiger partial charge in [-0.3, -0.25) is 10.1 Å². The van der Waals surface area contributed by atoms with E-state index < -0.39 is 10.0 Å². The van der Waals surface area contributed by atoms with Gasteiger partial charge in [-0.25, -0.2) is 13.4 Å². The summed E-state index contributed by atoms with van der Waals surface area (Å²) < 4.78 is 39.1. The second-order valence-electron chi connectivity index (χ2n) is 8.85. The molecule has 1 amide bonds. The molecule has 1 aliphatic heterocycles. The molecule has 8 nitrogen and oxygen atoms in total. The van der Waals surface area contributed by atoms with Crippen molar-refractivity contribution in [2.24, 2.45) is 5.92 Å². The first kappa shape index (κ1) is 24.5. The van der Waals surface area contributed by atoms with Gasteiger partial charge in [-0.15, -0.1) is 11.3 Å². The van der Waals surface area contributed by atoms with Crippen LogP contribution in [0.25, 0.3) is 22.4 Å². The number of amides is 1. The molecule has 0 saturated carbocycles. The molecule has 1 saturated heterocycles. The Hall–Kier alpha value is -3.21. The highest BCUT2D eigenvalue weighted by molar-refractivity contribution is 7.89. The van der Waals surface area contributed by atoms with Gasteiger partial charge in [0.2, 0.25) is 10.0 Å². The van der Waals surface area contributed by atoms with E-state index in [9.17, 15) is 13.2 Å². The summed E-state index contributed by atoms with van der Waals surface area (Å²) in [6.07, 6.45) is 1.90. The molecule has 0 unspecified atom stereocenters. The number of rotatable bonds is 7. The molecule has 188 valence electrons. The molecule has 3 heterocycles. The van der Waals surface area contributed by atoms with E-state index in [0.29, 0.717) is 59.1 Å². The zero-order valence-electron chi connectivity index (χ0n) is 20.1. The maximum atomic E-state index is 13.0. The van der Waals surface area contributed by atoms with Crippen molar-refractivity contribution in [1.82, 2.24) is 9.29 Å². The third-order valence-corrected chi connectivity index (χ3v) is 8.80. The SMILES string of the molecule is CCOc1cccc2cc(-c3csc(NC(=O)c4ccc(S(=O)(=O)N5CCC[C@@H](C)C5)cc4)n3)oc12. The molecule has 1 fully saturated rings. The van der Waals surface area contributed by atoms with Crippen LogP contribution < -0.4 is 10.1 Å². The summed E-state index contributed by atoms with van der Waals surface area (Å²) in [7, 11) is -3.57. The standard InChI is InChI=1S/C26H27N3O5S2/c1-3-33-22-8-4-7-19-14-23(34-24(19)22)21-16-35-26(27-21)28-25(30)18-9-11-20(12-10-18)36(31,32)29-13-5-6-17(2)15-29/h4,7-12,14,16-17H,3,5-6,13,15H2,1-2H3,(H,27,28,30)/t17-/m1/s1. The first-order valence-electron chi connectivity index (χ1n) is 11.9. The Balaban J connectivity index is 1.29.